The summed E-state index contributed by atoms with van der Waals surface area (Å²) in [6, 6.07) is 13.2. The van der Waals surface area contributed by atoms with Crippen LogP contribution in [0.25, 0.3) is 0 Å². The van der Waals surface area contributed by atoms with Crippen molar-refractivity contribution in [3.8, 4) is 0 Å². The zero-order valence-corrected chi connectivity index (χ0v) is 21.5. The fraction of sp³-hybridized carbons (Fsp3) is 0.174. The van der Waals surface area contributed by atoms with Crippen LogP contribution in [0.5, 0.6) is 0 Å². The largest absolute Gasteiger partial charge is 0.273 e. The second kappa shape index (κ2) is 10.5. The summed E-state index contributed by atoms with van der Waals surface area (Å²) in [5, 5.41) is 0. The average molecular weight is 532 g/mol. The van der Waals surface area contributed by atoms with Gasteiger partial charge in [-0.05, 0) is 58.0 Å². The molecule has 0 fully saturated rings. The maximum atomic E-state index is 12.7. The number of aromatic nitrogens is 1. The number of sulfonamides is 2. The molecule has 0 aliphatic heterocycles. The van der Waals surface area contributed by atoms with Crippen molar-refractivity contribution >= 4 is 31.9 Å². The van der Waals surface area contributed by atoms with E-state index in [2.05, 4.69) is 15.8 Å². The molecule has 3 rings (SSSR count). The molecule has 0 aliphatic carbocycles. The van der Waals surface area contributed by atoms with Gasteiger partial charge < -0.3 is 0 Å². The van der Waals surface area contributed by atoms with E-state index in [9.17, 15) is 26.4 Å². The molecule has 3 aromatic rings. The fourth-order valence-electron chi connectivity index (χ4n) is 3.10. The van der Waals surface area contributed by atoms with Crippen LogP contribution in [-0.2, 0) is 20.0 Å². The van der Waals surface area contributed by atoms with Crippen LogP contribution >= 0.6 is 0 Å². The Morgan fingerprint density at radius 1 is 0.611 bits per heavy atom. The molecule has 13 heteroatoms. The molecule has 36 heavy (non-hydrogen) atoms. The Morgan fingerprint density at radius 3 is 1.28 bits per heavy atom. The first-order chi connectivity index (χ1) is 16.8. The van der Waals surface area contributed by atoms with E-state index < -0.39 is 31.9 Å². The molecule has 0 saturated carbocycles. The number of aryl methyl sites for hydroxylation is 4. The smallest absolute Gasteiger partial charge is 0.268 e. The minimum atomic E-state index is -4.04. The molecule has 0 saturated heterocycles. The van der Waals surface area contributed by atoms with Crippen molar-refractivity contribution in [3.05, 3.63) is 88.2 Å². The summed E-state index contributed by atoms with van der Waals surface area (Å²) < 4.78 is 49.7. The number of nitrogens with zero attached hydrogens (tertiary/aromatic N) is 1. The first-order valence-electron chi connectivity index (χ1n) is 10.6. The summed E-state index contributed by atoms with van der Waals surface area (Å²) in [4.78, 5) is 33.5. The summed E-state index contributed by atoms with van der Waals surface area (Å²) in [7, 11) is -8.08. The van der Waals surface area contributed by atoms with E-state index in [1.165, 1.54) is 44.2 Å². The Bertz CT molecular complexity index is 1410. The number of carbonyl (C=O) groups excluding carboxylic acids is 2. The number of amides is 2. The zero-order chi connectivity index (χ0) is 26.7. The van der Waals surface area contributed by atoms with Gasteiger partial charge in [-0.2, -0.15) is 0 Å². The van der Waals surface area contributed by atoms with Crippen LogP contribution < -0.4 is 20.5 Å². The van der Waals surface area contributed by atoms with Crippen molar-refractivity contribution in [2.24, 2.45) is 0 Å². The van der Waals surface area contributed by atoms with Crippen molar-refractivity contribution in [2.75, 3.05) is 0 Å². The molecule has 0 bridgehead atoms. The molecule has 1 heterocycles. The Balaban J connectivity index is 1.74. The van der Waals surface area contributed by atoms with Gasteiger partial charge in [0.15, 0.2) is 0 Å². The molecule has 0 aliphatic rings. The average Bonchev–Trinajstić information content (AvgIpc) is 2.82. The van der Waals surface area contributed by atoms with Gasteiger partial charge >= 0.3 is 0 Å². The summed E-state index contributed by atoms with van der Waals surface area (Å²) in [6.45, 7) is 6.64. The minimum Gasteiger partial charge on any atom is -0.273 e. The molecule has 0 spiro atoms. The highest BCUT2D eigenvalue weighted by Gasteiger charge is 2.21. The summed E-state index contributed by atoms with van der Waals surface area (Å²) in [5.41, 5.74) is 6.23. The predicted octanol–water partition coefficient (Wildman–Crippen LogP) is 1.56. The van der Waals surface area contributed by atoms with Gasteiger partial charge in [-0.1, -0.05) is 35.4 Å². The predicted molar refractivity (Wildman–Crippen MR) is 132 cm³/mol. The number of hydrogen-bond acceptors (Lipinski definition) is 7. The van der Waals surface area contributed by atoms with Crippen LogP contribution in [0.1, 0.15) is 43.2 Å². The van der Waals surface area contributed by atoms with Gasteiger partial charge in [0.05, 0.1) is 32.3 Å². The van der Waals surface area contributed by atoms with Gasteiger partial charge in [-0.3, -0.25) is 25.4 Å². The quantitative estimate of drug-likeness (QED) is 0.320. The van der Waals surface area contributed by atoms with Crippen LogP contribution in [0.2, 0.25) is 0 Å². The Morgan fingerprint density at radius 2 is 0.944 bits per heavy atom. The SMILES string of the molecule is Cc1ccc(S(=O)(=O)NNC(=O)c2cc(C(=O)NNS(=O)(=O)c3ccc(C)cc3)c(C)nc2C)cc1. The highest BCUT2D eigenvalue weighted by atomic mass is 32.2. The normalized spacial score (nSPS) is 11.7. The van der Waals surface area contributed by atoms with E-state index in [0.717, 1.165) is 11.1 Å². The topological polar surface area (TPSA) is 163 Å². The number of nitrogens with one attached hydrogen (secondary N) is 4. The molecule has 0 atom stereocenters. The second-order valence-electron chi connectivity index (χ2n) is 8.00. The van der Waals surface area contributed by atoms with Gasteiger partial charge in [0.2, 0.25) is 0 Å². The summed E-state index contributed by atoms with van der Waals surface area (Å²) >= 11 is 0. The number of pyridine rings is 1. The lowest BCUT2D eigenvalue weighted by Gasteiger charge is -2.13. The molecule has 1 aromatic heterocycles. The number of hydrogen-bond donors (Lipinski definition) is 4. The van der Waals surface area contributed by atoms with Crippen LogP contribution in [0.15, 0.2) is 64.4 Å². The lowest BCUT2D eigenvalue weighted by molar-refractivity contribution is 0.0943. The third-order valence-electron chi connectivity index (χ3n) is 5.15. The van der Waals surface area contributed by atoms with Crippen LogP contribution in [0.4, 0.5) is 0 Å². The Hall–Kier alpha value is -3.65. The van der Waals surface area contributed by atoms with Gasteiger partial charge in [0.25, 0.3) is 31.9 Å². The monoisotopic (exact) mass is 531 g/mol. The third-order valence-corrected chi connectivity index (χ3v) is 7.68. The van der Waals surface area contributed by atoms with Gasteiger partial charge in [-0.25, -0.2) is 16.8 Å². The van der Waals surface area contributed by atoms with Crippen molar-refractivity contribution in [3.63, 3.8) is 0 Å². The molecule has 11 nitrogen and oxygen atoms in total. The van der Waals surface area contributed by atoms with Crippen LogP contribution in [0.3, 0.4) is 0 Å². The van der Waals surface area contributed by atoms with Crippen molar-refractivity contribution in [2.45, 2.75) is 37.5 Å². The molecular formula is C23H25N5O6S2. The molecule has 0 radical (unpaired) electrons. The lowest BCUT2D eigenvalue weighted by atomic mass is 10.1. The van der Waals surface area contributed by atoms with E-state index in [1.807, 2.05) is 9.66 Å². The Labute approximate surface area is 209 Å². The minimum absolute atomic E-state index is 0.0481. The molecule has 190 valence electrons. The number of rotatable bonds is 8. The standard InChI is InChI=1S/C23H25N5O6S2/c1-14-5-9-18(10-6-14)35(31,32)27-25-22(29)20-13-21(17(4)24-16(20)3)23(30)26-28-36(33,34)19-11-7-15(2)8-12-19/h5-13,27-28H,1-4H3,(H,25,29)(H,26,30). The molecule has 2 aromatic carbocycles. The summed E-state index contributed by atoms with van der Waals surface area (Å²) in [6.07, 6.45) is 0. The van der Waals surface area contributed by atoms with E-state index in [0.29, 0.717) is 0 Å². The highest BCUT2D eigenvalue weighted by molar-refractivity contribution is 7.89. The lowest BCUT2D eigenvalue weighted by Crippen LogP contribution is -2.43. The van der Waals surface area contributed by atoms with Gasteiger partial charge in [-0.15, -0.1) is 9.66 Å². The first-order valence-corrected chi connectivity index (χ1v) is 13.5. The molecular weight excluding hydrogens is 506 g/mol. The second-order valence-corrected chi connectivity index (χ2v) is 11.4. The maximum Gasteiger partial charge on any atom is 0.268 e. The van der Waals surface area contributed by atoms with Crippen molar-refractivity contribution in [1.82, 2.24) is 25.5 Å². The van der Waals surface area contributed by atoms with E-state index in [1.54, 1.807) is 38.1 Å². The van der Waals surface area contributed by atoms with Gasteiger partial charge in [0.1, 0.15) is 0 Å². The van der Waals surface area contributed by atoms with Crippen molar-refractivity contribution in [1.29, 1.82) is 0 Å². The molecule has 4 N–H and O–H groups in total. The maximum absolute atomic E-state index is 12.7. The zero-order valence-electron chi connectivity index (χ0n) is 19.9. The third kappa shape index (κ3) is 6.31. The number of hydrazine groups is 2. The Kier molecular flexibility index (Phi) is 7.89. The van der Waals surface area contributed by atoms with Crippen molar-refractivity contribution < 1.29 is 26.4 Å². The number of carbonyl (C=O) groups is 2. The van der Waals surface area contributed by atoms with Crippen LogP contribution in [0, 0.1) is 27.7 Å². The highest BCUT2D eigenvalue weighted by Crippen LogP contribution is 2.14. The fourth-order valence-corrected chi connectivity index (χ4v) is 4.78. The molecule has 0 unspecified atom stereocenters. The summed E-state index contributed by atoms with van der Waals surface area (Å²) in [5.74, 6) is -1.71. The van der Waals surface area contributed by atoms with Crippen LogP contribution in [-0.4, -0.2) is 33.6 Å². The van der Waals surface area contributed by atoms with Gasteiger partial charge in [0, 0.05) is 0 Å². The van der Waals surface area contributed by atoms with E-state index >= 15 is 0 Å². The molecule has 2 amide bonds. The number of benzene rings is 2. The van der Waals surface area contributed by atoms with E-state index in [-0.39, 0.29) is 32.3 Å². The van der Waals surface area contributed by atoms with E-state index in [4.69, 9.17) is 0 Å². The first kappa shape index (κ1) is 26.9.